The van der Waals surface area contributed by atoms with E-state index in [1.807, 2.05) is 11.6 Å². The second kappa shape index (κ2) is 9.92. The number of carbonyl (C=O) groups excluding carboxylic acids is 1. The van der Waals surface area contributed by atoms with Crippen LogP contribution in [0.5, 0.6) is 0 Å². The number of likely N-dealkylation sites (tertiary alicyclic amines) is 1. The van der Waals surface area contributed by atoms with Crippen molar-refractivity contribution in [2.75, 3.05) is 13.1 Å². The molecule has 0 radical (unpaired) electrons. The number of aryl methyl sites for hydroxylation is 3. The highest BCUT2D eigenvalue weighted by Crippen LogP contribution is 2.16. The maximum atomic E-state index is 12.5. The molecule has 1 saturated heterocycles. The minimum atomic E-state index is 0.157. The van der Waals surface area contributed by atoms with E-state index in [-0.39, 0.29) is 5.91 Å². The topological polar surface area (TPSA) is 50.2 Å². The highest BCUT2D eigenvalue weighted by Gasteiger charge is 2.20. The molecule has 0 unspecified atom stereocenters. The average Bonchev–Trinajstić information content (AvgIpc) is 3.12. The summed E-state index contributed by atoms with van der Waals surface area (Å²) in [6.45, 7) is 7.13. The minimum absolute atomic E-state index is 0.157. The van der Waals surface area contributed by atoms with E-state index in [1.54, 1.807) is 0 Å². The van der Waals surface area contributed by atoms with E-state index in [0.717, 1.165) is 56.0 Å². The number of hydrogen-bond acceptors (Lipinski definition) is 3. The summed E-state index contributed by atoms with van der Waals surface area (Å²) >= 11 is 0. The van der Waals surface area contributed by atoms with Crippen LogP contribution in [0, 0.1) is 13.8 Å². The molecule has 162 valence electrons. The van der Waals surface area contributed by atoms with Gasteiger partial charge in [0, 0.05) is 37.8 Å². The van der Waals surface area contributed by atoms with Gasteiger partial charge in [-0.15, -0.1) is 0 Å². The number of amides is 1. The van der Waals surface area contributed by atoms with Crippen LogP contribution < -0.4 is 5.32 Å². The van der Waals surface area contributed by atoms with Crippen molar-refractivity contribution in [3.8, 4) is 5.69 Å². The Morgan fingerprint density at radius 1 is 1.00 bits per heavy atom. The van der Waals surface area contributed by atoms with Gasteiger partial charge in [0.1, 0.15) is 0 Å². The molecule has 2 aromatic carbocycles. The fourth-order valence-electron chi connectivity index (χ4n) is 4.33. The smallest absolute Gasteiger partial charge is 0.220 e. The SMILES string of the molecule is Cc1cc(C)n(-c2ccc(CCC(=O)NC3CCN(Cc4ccccc4)CC3)cc2)n1. The molecule has 0 aliphatic carbocycles. The van der Waals surface area contributed by atoms with Gasteiger partial charge in [-0.25, -0.2) is 4.68 Å². The third-order valence-electron chi connectivity index (χ3n) is 6.03. The molecule has 1 fully saturated rings. The number of rotatable bonds is 7. The van der Waals surface area contributed by atoms with Crippen molar-refractivity contribution < 1.29 is 4.79 Å². The van der Waals surface area contributed by atoms with Crippen LogP contribution >= 0.6 is 0 Å². The second-order valence-corrected chi connectivity index (χ2v) is 8.61. The fourth-order valence-corrected chi connectivity index (χ4v) is 4.33. The number of aromatic nitrogens is 2. The van der Waals surface area contributed by atoms with Crippen LogP contribution in [0.25, 0.3) is 5.69 Å². The van der Waals surface area contributed by atoms with Crippen LogP contribution in [-0.2, 0) is 17.8 Å². The summed E-state index contributed by atoms with van der Waals surface area (Å²) in [7, 11) is 0. The Labute approximate surface area is 185 Å². The molecule has 1 aromatic heterocycles. The molecule has 31 heavy (non-hydrogen) atoms. The highest BCUT2D eigenvalue weighted by molar-refractivity contribution is 5.76. The van der Waals surface area contributed by atoms with Gasteiger partial charge in [0.05, 0.1) is 11.4 Å². The third kappa shape index (κ3) is 5.82. The molecule has 1 aliphatic heterocycles. The Morgan fingerprint density at radius 3 is 2.35 bits per heavy atom. The zero-order valence-electron chi connectivity index (χ0n) is 18.6. The zero-order chi connectivity index (χ0) is 21.6. The molecule has 2 heterocycles. The Morgan fingerprint density at radius 2 is 1.71 bits per heavy atom. The second-order valence-electron chi connectivity index (χ2n) is 8.61. The summed E-state index contributed by atoms with van der Waals surface area (Å²) in [6.07, 6.45) is 3.34. The lowest BCUT2D eigenvalue weighted by Gasteiger charge is -2.32. The van der Waals surface area contributed by atoms with E-state index < -0.39 is 0 Å². The van der Waals surface area contributed by atoms with Crippen LogP contribution in [-0.4, -0.2) is 39.7 Å². The number of hydrogen-bond donors (Lipinski definition) is 1. The molecular formula is C26H32N4O. The minimum Gasteiger partial charge on any atom is -0.353 e. The quantitative estimate of drug-likeness (QED) is 0.628. The number of nitrogens with one attached hydrogen (secondary N) is 1. The largest absolute Gasteiger partial charge is 0.353 e. The fraction of sp³-hybridized carbons (Fsp3) is 0.385. The number of nitrogens with zero attached hydrogens (tertiary/aromatic N) is 3. The van der Waals surface area contributed by atoms with Crippen molar-refractivity contribution in [1.82, 2.24) is 20.0 Å². The summed E-state index contributed by atoms with van der Waals surface area (Å²) in [5.74, 6) is 0.157. The standard InChI is InChI=1S/C26H32N4O/c1-20-18-21(2)30(28-20)25-11-8-22(9-12-25)10-13-26(31)27-24-14-16-29(17-15-24)19-23-6-4-3-5-7-23/h3-9,11-12,18,24H,10,13-17,19H2,1-2H3,(H,27,31). The molecule has 1 aliphatic rings. The van der Waals surface area contributed by atoms with Crippen LogP contribution in [0.2, 0.25) is 0 Å². The van der Waals surface area contributed by atoms with E-state index in [9.17, 15) is 4.79 Å². The average molecular weight is 417 g/mol. The first-order valence-electron chi connectivity index (χ1n) is 11.2. The molecule has 0 atom stereocenters. The van der Waals surface area contributed by atoms with Crippen molar-refractivity contribution >= 4 is 5.91 Å². The molecule has 0 bridgehead atoms. The van der Waals surface area contributed by atoms with E-state index in [0.29, 0.717) is 12.5 Å². The van der Waals surface area contributed by atoms with Crippen molar-refractivity contribution in [1.29, 1.82) is 0 Å². The number of carbonyl (C=O) groups is 1. The van der Waals surface area contributed by atoms with Gasteiger partial charge in [-0.05, 0) is 62.4 Å². The van der Waals surface area contributed by atoms with Gasteiger partial charge in [-0.1, -0.05) is 42.5 Å². The first-order valence-corrected chi connectivity index (χ1v) is 11.2. The number of benzene rings is 2. The summed E-state index contributed by atoms with van der Waals surface area (Å²) in [5, 5.41) is 7.77. The lowest BCUT2D eigenvalue weighted by atomic mass is 10.0. The maximum Gasteiger partial charge on any atom is 0.220 e. The van der Waals surface area contributed by atoms with Crippen LogP contribution in [0.15, 0.2) is 60.7 Å². The van der Waals surface area contributed by atoms with Gasteiger partial charge in [0.25, 0.3) is 0 Å². The predicted octanol–water partition coefficient (Wildman–Crippen LogP) is 4.20. The molecule has 0 saturated carbocycles. The first-order chi connectivity index (χ1) is 15.1. The van der Waals surface area contributed by atoms with Crippen molar-refractivity contribution in [3.63, 3.8) is 0 Å². The van der Waals surface area contributed by atoms with Gasteiger partial charge >= 0.3 is 0 Å². The monoisotopic (exact) mass is 416 g/mol. The van der Waals surface area contributed by atoms with Gasteiger partial charge in [-0.3, -0.25) is 9.69 Å². The van der Waals surface area contributed by atoms with Crippen LogP contribution in [0.1, 0.15) is 41.8 Å². The van der Waals surface area contributed by atoms with Crippen LogP contribution in [0.3, 0.4) is 0 Å². The van der Waals surface area contributed by atoms with Crippen molar-refractivity contribution in [2.24, 2.45) is 0 Å². The normalized spacial score (nSPS) is 15.2. The van der Waals surface area contributed by atoms with E-state index >= 15 is 0 Å². The Kier molecular flexibility index (Phi) is 6.82. The van der Waals surface area contributed by atoms with Crippen molar-refractivity contribution in [2.45, 2.75) is 52.1 Å². The molecular weight excluding hydrogens is 384 g/mol. The summed E-state index contributed by atoms with van der Waals surface area (Å²) in [5.41, 5.74) is 5.73. The molecule has 4 rings (SSSR count). The number of piperidine rings is 1. The Hall–Kier alpha value is -2.92. The van der Waals surface area contributed by atoms with E-state index in [4.69, 9.17) is 0 Å². The van der Waals surface area contributed by atoms with E-state index in [1.165, 1.54) is 11.1 Å². The van der Waals surface area contributed by atoms with Gasteiger partial charge in [0.15, 0.2) is 0 Å². The van der Waals surface area contributed by atoms with Crippen molar-refractivity contribution in [3.05, 3.63) is 83.2 Å². The molecule has 5 nitrogen and oxygen atoms in total. The van der Waals surface area contributed by atoms with Gasteiger partial charge in [-0.2, -0.15) is 5.10 Å². The summed E-state index contributed by atoms with van der Waals surface area (Å²) < 4.78 is 1.95. The van der Waals surface area contributed by atoms with E-state index in [2.05, 4.69) is 82.9 Å². The lowest BCUT2D eigenvalue weighted by molar-refractivity contribution is -0.122. The lowest BCUT2D eigenvalue weighted by Crippen LogP contribution is -2.44. The third-order valence-corrected chi connectivity index (χ3v) is 6.03. The first kappa shape index (κ1) is 21.3. The molecule has 1 N–H and O–H groups in total. The Balaban J connectivity index is 1.20. The Bertz CT molecular complexity index is 986. The zero-order valence-corrected chi connectivity index (χ0v) is 18.6. The van der Waals surface area contributed by atoms with Gasteiger partial charge < -0.3 is 5.32 Å². The molecule has 3 aromatic rings. The molecule has 0 spiro atoms. The van der Waals surface area contributed by atoms with Crippen LogP contribution in [0.4, 0.5) is 0 Å². The summed E-state index contributed by atoms with van der Waals surface area (Å²) in [4.78, 5) is 14.9. The van der Waals surface area contributed by atoms with Gasteiger partial charge in [0.2, 0.25) is 5.91 Å². The predicted molar refractivity (Wildman–Crippen MR) is 124 cm³/mol. The maximum absolute atomic E-state index is 12.5. The molecule has 5 heteroatoms. The molecule has 1 amide bonds. The highest BCUT2D eigenvalue weighted by atomic mass is 16.1. The summed E-state index contributed by atoms with van der Waals surface area (Å²) in [6, 6.07) is 21.3.